The summed E-state index contributed by atoms with van der Waals surface area (Å²) < 4.78 is 0.497. The summed E-state index contributed by atoms with van der Waals surface area (Å²) in [6, 6.07) is 0.691. The molecule has 2 nitrogen and oxygen atoms in total. The zero-order valence-corrected chi connectivity index (χ0v) is 11.3. The Hall–Kier alpha value is 0.270. The quantitative estimate of drug-likeness (QED) is 0.795. The van der Waals surface area contributed by atoms with Crippen molar-refractivity contribution >= 4 is 11.8 Å². The molecule has 1 aliphatic carbocycles. The molecule has 16 heavy (non-hydrogen) atoms. The third-order valence-corrected chi connectivity index (χ3v) is 5.79. The van der Waals surface area contributed by atoms with E-state index < -0.39 is 0 Å². The van der Waals surface area contributed by atoms with Crippen molar-refractivity contribution in [3.63, 3.8) is 0 Å². The summed E-state index contributed by atoms with van der Waals surface area (Å²) in [4.78, 5) is 0. The average molecular weight is 242 g/mol. The maximum atomic E-state index is 5.87. The molecule has 1 saturated carbocycles. The Morgan fingerprint density at radius 1 is 1.31 bits per heavy atom. The van der Waals surface area contributed by atoms with Crippen LogP contribution in [0.5, 0.6) is 0 Å². The van der Waals surface area contributed by atoms with Crippen LogP contribution < -0.4 is 11.1 Å². The van der Waals surface area contributed by atoms with Crippen LogP contribution in [0.3, 0.4) is 0 Å². The first-order valence-corrected chi connectivity index (χ1v) is 7.79. The summed E-state index contributed by atoms with van der Waals surface area (Å²) >= 11 is 2.15. The highest BCUT2D eigenvalue weighted by Crippen LogP contribution is 2.37. The van der Waals surface area contributed by atoms with Gasteiger partial charge in [-0.2, -0.15) is 11.8 Å². The maximum absolute atomic E-state index is 5.87. The van der Waals surface area contributed by atoms with Crippen LogP contribution in [0.15, 0.2) is 0 Å². The van der Waals surface area contributed by atoms with Crippen molar-refractivity contribution in [3.8, 4) is 0 Å². The van der Waals surface area contributed by atoms with Gasteiger partial charge in [0.25, 0.3) is 0 Å². The molecule has 0 bridgehead atoms. The molecular formula is C13H26N2S. The highest BCUT2D eigenvalue weighted by Gasteiger charge is 2.31. The van der Waals surface area contributed by atoms with Gasteiger partial charge in [0.05, 0.1) is 0 Å². The van der Waals surface area contributed by atoms with Crippen LogP contribution in [0.4, 0.5) is 0 Å². The second-order valence-corrected chi connectivity index (χ2v) is 7.35. The molecule has 3 unspecified atom stereocenters. The van der Waals surface area contributed by atoms with Gasteiger partial charge in [-0.1, -0.05) is 12.8 Å². The van der Waals surface area contributed by atoms with Gasteiger partial charge in [0, 0.05) is 17.3 Å². The minimum Gasteiger partial charge on any atom is -0.330 e. The van der Waals surface area contributed by atoms with Crippen LogP contribution in [-0.2, 0) is 0 Å². The molecule has 0 amide bonds. The molecule has 1 saturated heterocycles. The van der Waals surface area contributed by atoms with E-state index in [-0.39, 0.29) is 0 Å². The second kappa shape index (κ2) is 5.74. The molecule has 3 heteroatoms. The first-order chi connectivity index (χ1) is 7.73. The Morgan fingerprint density at radius 2 is 2.12 bits per heavy atom. The van der Waals surface area contributed by atoms with Crippen molar-refractivity contribution in [2.75, 3.05) is 18.8 Å². The van der Waals surface area contributed by atoms with E-state index >= 15 is 0 Å². The highest BCUT2D eigenvalue weighted by molar-refractivity contribution is 8.00. The molecule has 1 heterocycles. The highest BCUT2D eigenvalue weighted by atomic mass is 32.2. The SMILES string of the molecule is CC1(CNC2CCCCC2CN)CCCS1. The minimum atomic E-state index is 0.497. The first-order valence-electron chi connectivity index (χ1n) is 6.81. The largest absolute Gasteiger partial charge is 0.330 e. The molecule has 0 spiro atoms. The lowest BCUT2D eigenvalue weighted by Gasteiger charge is -2.34. The van der Waals surface area contributed by atoms with Gasteiger partial charge >= 0.3 is 0 Å². The monoisotopic (exact) mass is 242 g/mol. The van der Waals surface area contributed by atoms with Crippen molar-refractivity contribution in [3.05, 3.63) is 0 Å². The lowest BCUT2D eigenvalue weighted by Crippen LogP contribution is -2.46. The zero-order valence-electron chi connectivity index (χ0n) is 10.5. The van der Waals surface area contributed by atoms with Gasteiger partial charge < -0.3 is 11.1 Å². The standard InChI is InChI=1S/C13H26N2S/c1-13(7-4-8-16-13)10-15-12-6-3-2-5-11(12)9-14/h11-12,15H,2-10,14H2,1H3. The second-order valence-electron chi connectivity index (χ2n) is 5.67. The van der Waals surface area contributed by atoms with Crippen molar-refractivity contribution in [2.45, 2.75) is 56.2 Å². The van der Waals surface area contributed by atoms with Gasteiger partial charge in [-0.15, -0.1) is 0 Å². The smallest absolute Gasteiger partial charge is 0.0256 e. The molecule has 2 fully saturated rings. The molecule has 94 valence electrons. The lowest BCUT2D eigenvalue weighted by molar-refractivity contribution is 0.262. The van der Waals surface area contributed by atoms with Crippen LogP contribution in [0.1, 0.15) is 45.4 Å². The van der Waals surface area contributed by atoms with Gasteiger partial charge in [0.1, 0.15) is 0 Å². The number of hydrogen-bond donors (Lipinski definition) is 2. The van der Waals surface area contributed by atoms with E-state index in [9.17, 15) is 0 Å². The Labute approximate surface area is 104 Å². The Balaban J connectivity index is 1.79. The Morgan fingerprint density at radius 3 is 2.81 bits per heavy atom. The van der Waals surface area contributed by atoms with Crippen LogP contribution in [0.2, 0.25) is 0 Å². The predicted octanol–water partition coefficient (Wildman–Crippen LogP) is 2.38. The summed E-state index contributed by atoms with van der Waals surface area (Å²) in [5, 5.41) is 3.80. The molecule has 0 aromatic rings. The summed E-state index contributed by atoms with van der Waals surface area (Å²) in [7, 11) is 0. The van der Waals surface area contributed by atoms with E-state index in [0.717, 1.165) is 12.5 Å². The molecule has 3 N–H and O–H groups in total. The molecule has 0 aromatic heterocycles. The van der Waals surface area contributed by atoms with Gasteiger partial charge in [0.2, 0.25) is 0 Å². The summed E-state index contributed by atoms with van der Waals surface area (Å²) in [5.41, 5.74) is 5.87. The third kappa shape index (κ3) is 3.14. The van der Waals surface area contributed by atoms with Crippen LogP contribution in [0, 0.1) is 5.92 Å². The Kier molecular flexibility index (Phi) is 4.57. The van der Waals surface area contributed by atoms with Crippen LogP contribution in [0.25, 0.3) is 0 Å². The van der Waals surface area contributed by atoms with E-state index in [1.807, 2.05) is 0 Å². The van der Waals surface area contributed by atoms with E-state index in [2.05, 4.69) is 24.0 Å². The summed E-state index contributed by atoms with van der Waals surface area (Å²) in [6.45, 7) is 4.46. The molecule has 2 rings (SSSR count). The van der Waals surface area contributed by atoms with Crippen molar-refractivity contribution in [1.82, 2.24) is 5.32 Å². The third-order valence-electron chi connectivity index (χ3n) is 4.25. The average Bonchev–Trinajstić information content (AvgIpc) is 2.74. The summed E-state index contributed by atoms with van der Waals surface area (Å²) in [6.07, 6.45) is 8.21. The lowest BCUT2D eigenvalue weighted by atomic mass is 9.84. The predicted molar refractivity (Wildman–Crippen MR) is 72.9 cm³/mol. The Bertz CT molecular complexity index is 214. The van der Waals surface area contributed by atoms with E-state index in [4.69, 9.17) is 5.73 Å². The topological polar surface area (TPSA) is 38.0 Å². The summed E-state index contributed by atoms with van der Waals surface area (Å²) in [5.74, 6) is 2.08. The zero-order chi connectivity index (χ0) is 11.4. The first kappa shape index (κ1) is 12.7. The van der Waals surface area contributed by atoms with Crippen molar-refractivity contribution < 1.29 is 0 Å². The van der Waals surface area contributed by atoms with Gasteiger partial charge in [-0.3, -0.25) is 0 Å². The molecule has 1 aliphatic heterocycles. The van der Waals surface area contributed by atoms with Gasteiger partial charge in [0.15, 0.2) is 0 Å². The van der Waals surface area contributed by atoms with Crippen molar-refractivity contribution in [2.24, 2.45) is 11.7 Å². The van der Waals surface area contributed by atoms with Crippen molar-refractivity contribution in [1.29, 1.82) is 0 Å². The number of rotatable bonds is 4. The fourth-order valence-corrected chi connectivity index (χ4v) is 4.34. The normalized spacial score (nSPS) is 40.1. The van der Waals surface area contributed by atoms with E-state index in [0.29, 0.717) is 10.8 Å². The maximum Gasteiger partial charge on any atom is 0.0256 e. The molecule has 2 aliphatic rings. The fraction of sp³-hybridized carbons (Fsp3) is 1.00. The van der Waals surface area contributed by atoms with Crippen LogP contribution >= 0.6 is 11.8 Å². The van der Waals surface area contributed by atoms with E-state index in [1.165, 1.54) is 50.8 Å². The number of nitrogens with two attached hydrogens (primary N) is 1. The fourth-order valence-electron chi connectivity index (χ4n) is 3.08. The van der Waals surface area contributed by atoms with Gasteiger partial charge in [-0.05, 0) is 50.8 Å². The molecular weight excluding hydrogens is 216 g/mol. The number of nitrogens with one attached hydrogen (secondary N) is 1. The van der Waals surface area contributed by atoms with Crippen LogP contribution in [-0.4, -0.2) is 29.6 Å². The minimum absolute atomic E-state index is 0.497. The molecule has 3 atom stereocenters. The number of hydrogen-bond acceptors (Lipinski definition) is 3. The molecule has 0 radical (unpaired) electrons. The van der Waals surface area contributed by atoms with E-state index in [1.54, 1.807) is 0 Å². The number of thioether (sulfide) groups is 1. The molecule has 0 aromatic carbocycles. The van der Waals surface area contributed by atoms with Gasteiger partial charge in [-0.25, -0.2) is 0 Å².